The first kappa shape index (κ1) is 15.5. The summed E-state index contributed by atoms with van der Waals surface area (Å²) in [6.45, 7) is 1.97. The molecule has 7 heteroatoms. The Morgan fingerprint density at radius 2 is 2.11 bits per heavy atom. The van der Waals surface area contributed by atoms with Crippen LogP contribution in [-0.2, 0) is 4.79 Å². The summed E-state index contributed by atoms with van der Waals surface area (Å²) in [7, 11) is 0. The van der Waals surface area contributed by atoms with Crippen molar-refractivity contribution in [3.05, 3.63) is 28.2 Å². The molecule has 0 aromatic heterocycles. The molecule has 0 heterocycles. The monoisotopic (exact) mass is 330 g/mol. The lowest BCUT2D eigenvalue weighted by atomic mass is 10.2. The van der Waals surface area contributed by atoms with Crippen LogP contribution in [0.5, 0.6) is 0 Å². The zero-order valence-corrected chi connectivity index (χ0v) is 11.9. The van der Waals surface area contributed by atoms with Crippen molar-refractivity contribution in [1.82, 2.24) is 5.32 Å². The highest BCUT2D eigenvalue weighted by Gasteiger charge is 2.13. The number of aryl methyl sites for hydroxylation is 1. The van der Waals surface area contributed by atoms with Gasteiger partial charge in [-0.15, -0.1) is 0 Å². The van der Waals surface area contributed by atoms with E-state index in [-0.39, 0.29) is 13.0 Å². The van der Waals surface area contributed by atoms with Crippen molar-refractivity contribution in [3.63, 3.8) is 0 Å². The normalized spacial score (nSPS) is 11.7. The van der Waals surface area contributed by atoms with Gasteiger partial charge in [0.2, 0.25) is 0 Å². The number of carboxylic acids is 1. The van der Waals surface area contributed by atoms with Crippen molar-refractivity contribution in [1.29, 1.82) is 0 Å². The van der Waals surface area contributed by atoms with E-state index in [4.69, 9.17) is 10.2 Å². The van der Waals surface area contributed by atoms with E-state index in [0.29, 0.717) is 5.69 Å². The summed E-state index contributed by atoms with van der Waals surface area (Å²) in [5.74, 6) is -1.30. The van der Waals surface area contributed by atoms with Gasteiger partial charge in [-0.2, -0.15) is 0 Å². The molecule has 1 aromatic rings. The van der Waals surface area contributed by atoms with Gasteiger partial charge in [0.15, 0.2) is 6.10 Å². The van der Waals surface area contributed by atoms with Crippen LogP contribution < -0.4 is 10.6 Å². The molecule has 0 aliphatic rings. The Kier molecular flexibility index (Phi) is 5.78. The Morgan fingerprint density at radius 1 is 1.42 bits per heavy atom. The number of halogens is 1. The van der Waals surface area contributed by atoms with Crippen molar-refractivity contribution in [2.24, 2.45) is 0 Å². The third-order valence-corrected chi connectivity index (χ3v) is 3.05. The first-order valence-electron chi connectivity index (χ1n) is 5.62. The average Bonchev–Trinajstić information content (AvgIpc) is 2.33. The zero-order valence-electron chi connectivity index (χ0n) is 10.3. The number of carboxylic acid groups (broad SMARTS) is 1. The van der Waals surface area contributed by atoms with Crippen molar-refractivity contribution in [2.75, 3.05) is 11.9 Å². The average molecular weight is 331 g/mol. The Bertz CT molecular complexity index is 479. The standard InChI is InChI=1S/C12H15BrN2O4/c1-7-2-3-8(13)9(6-7)15-12(19)14-5-4-10(16)11(17)18/h2-3,6,10,16H,4-5H2,1H3,(H,17,18)(H2,14,15,19). The number of carbonyl (C=O) groups is 2. The topological polar surface area (TPSA) is 98.7 Å². The van der Waals surface area contributed by atoms with E-state index in [2.05, 4.69) is 26.6 Å². The minimum absolute atomic E-state index is 0.0439. The van der Waals surface area contributed by atoms with Gasteiger partial charge < -0.3 is 20.8 Å². The fraction of sp³-hybridized carbons (Fsp3) is 0.333. The molecule has 1 aromatic carbocycles. The van der Waals surface area contributed by atoms with Crippen molar-refractivity contribution in [2.45, 2.75) is 19.4 Å². The Labute approximate surface area is 118 Å². The van der Waals surface area contributed by atoms with Crippen LogP contribution in [0.15, 0.2) is 22.7 Å². The van der Waals surface area contributed by atoms with E-state index in [9.17, 15) is 9.59 Å². The van der Waals surface area contributed by atoms with E-state index in [1.165, 1.54) is 0 Å². The maximum absolute atomic E-state index is 11.6. The molecule has 0 saturated heterocycles. The lowest BCUT2D eigenvalue weighted by Crippen LogP contribution is -2.33. The number of aliphatic hydroxyl groups is 1. The van der Waals surface area contributed by atoms with Crippen LogP contribution in [0.3, 0.4) is 0 Å². The molecular weight excluding hydrogens is 316 g/mol. The van der Waals surface area contributed by atoms with E-state index < -0.39 is 18.1 Å². The van der Waals surface area contributed by atoms with Crippen LogP contribution in [0, 0.1) is 6.92 Å². The summed E-state index contributed by atoms with van der Waals surface area (Å²) < 4.78 is 0.749. The fourth-order valence-corrected chi connectivity index (χ4v) is 1.69. The van der Waals surface area contributed by atoms with Crippen molar-refractivity contribution < 1.29 is 19.8 Å². The molecule has 0 fully saturated rings. The summed E-state index contributed by atoms with van der Waals surface area (Å²) in [5.41, 5.74) is 1.62. The summed E-state index contributed by atoms with van der Waals surface area (Å²) in [4.78, 5) is 21.9. The minimum atomic E-state index is -1.47. The second-order valence-corrected chi connectivity index (χ2v) is 4.86. The molecule has 0 radical (unpaired) electrons. The molecule has 19 heavy (non-hydrogen) atoms. The van der Waals surface area contributed by atoms with E-state index >= 15 is 0 Å². The van der Waals surface area contributed by atoms with Crippen molar-refractivity contribution >= 4 is 33.6 Å². The quantitative estimate of drug-likeness (QED) is 0.660. The SMILES string of the molecule is Cc1ccc(Br)c(NC(=O)NCCC(O)C(=O)O)c1. The Hall–Kier alpha value is -1.60. The van der Waals surface area contributed by atoms with Gasteiger partial charge >= 0.3 is 12.0 Å². The maximum Gasteiger partial charge on any atom is 0.332 e. The predicted molar refractivity (Wildman–Crippen MR) is 74.2 cm³/mol. The smallest absolute Gasteiger partial charge is 0.332 e. The van der Waals surface area contributed by atoms with Gasteiger partial charge in [-0.3, -0.25) is 0 Å². The van der Waals surface area contributed by atoms with Crippen LogP contribution in [0.25, 0.3) is 0 Å². The van der Waals surface area contributed by atoms with E-state index in [1.54, 1.807) is 6.07 Å². The third-order valence-electron chi connectivity index (χ3n) is 2.36. The molecule has 2 amide bonds. The molecule has 1 unspecified atom stereocenters. The number of anilines is 1. The summed E-state index contributed by atoms with van der Waals surface area (Å²) >= 11 is 3.31. The van der Waals surface area contributed by atoms with Crippen molar-refractivity contribution in [3.8, 4) is 0 Å². The molecule has 0 aliphatic heterocycles. The predicted octanol–water partition coefficient (Wildman–Crippen LogP) is 1.71. The van der Waals surface area contributed by atoms with E-state index in [1.807, 2.05) is 19.1 Å². The van der Waals surface area contributed by atoms with Gasteiger partial charge in [-0.25, -0.2) is 9.59 Å². The number of carbonyl (C=O) groups excluding carboxylic acids is 1. The highest BCUT2D eigenvalue weighted by atomic mass is 79.9. The first-order chi connectivity index (χ1) is 8.90. The number of amides is 2. The van der Waals surface area contributed by atoms with Crippen LogP contribution in [0.1, 0.15) is 12.0 Å². The highest BCUT2D eigenvalue weighted by molar-refractivity contribution is 9.10. The highest BCUT2D eigenvalue weighted by Crippen LogP contribution is 2.23. The lowest BCUT2D eigenvalue weighted by Gasteiger charge is -2.10. The molecule has 0 aliphatic carbocycles. The van der Waals surface area contributed by atoms with Gasteiger partial charge in [-0.05, 0) is 40.5 Å². The van der Waals surface area contributed by atoms with Crippen LogP contribution >= 0.6 is 15.9 Å². The number of benzene rings is 1. The van der Waals surface area contributed by atoms with Crippen LogP contribution in [-0.4, -0.2) is 34.9 Å². The van der Waals surface area contributed by atoms with Gasteiger partial charge in [-0.1, -0.05) is 6.07 Å². The van der Waals surface area contributed by atoms with Gasteiger partial charge in [0.1, 0.15) is 0 Å². The molecular formula is C12H15BrN2O4. The molecule has 6 nitrogen and oxygen atoms in total. The molecule has 4 N–H and O–H groups in total. The maximum atomic E-state index is 11.6. The molecule has 1 atom stereocenters. The van der Waals surface area contributed by atoms with Crippen LogP contribution in [0.2, 0.25) is 0 Å². The Balaban J connectivity index is 2.43. The number of nitrogens with one attached hydrogen (secondary N) is 2. The van der Waals surface area contributed by atoms with Gasteiger partial charge in [0.25, 0.3) is 0 Å². The number of aliphatic hydroxyl groups excluding tert-OH is 1. The number of aliphatic carboxylic acids is 1. The first-order valence-corrected chi connectivity index (χ1v) is 6.41. The largest absolute Gasteiger partial charge is 0.479 e. The summed E-state index contributed by atoms with van der Waals surface area (Å²) in [5, 5.41) is 22.6. The molecule has 0 spiro atoms. The number of rotatable bonds is 5. The minimum Gasteiger partial charge on any atom is -0.479 e. The molecule has 104 valence electrons. The number of urea groups is 1. The summed E-state index contributed by atoms with van der Waals surface area (Å²) in [6.07, 6.45) is -1.51. The Morgan fingerprint density at radius 3 is 2.74 bits per heavy atom. The summed E-state index contributed by atoms with van der Waals surface area (Å²) in [6, 6.07) is 5.06. The molecule has 0 saturated carbocycles. The number of hydrogen-bond donors (Lipinski definition) is 4. The second-order valence-electron chi connectivity index (χ2n) is 4.01. The fourth-order valence-electron chi connectivity index (χ4n) is 1.35. The van der Waals surface area contributed by atoms with Gasteiger partial charge in [0.05, 0.1) is 5.69 Å². The van der Waals surface area contributed by atoms with E-state index in [0.717, 1.165) is 10.0 Å². The van der Waals surface area contributed by atoms with Gasteiger partial charge in [0, 0.05) is 17.4 Å². The zero-order chi connectivity index (χ0) is 14.4. The molecule has 0 bridgehead atoms. The number of hydrogen-bond acceptors (Lipinski definition) is 3. The third kappa shape index (κ3) is 5.27. The second kappa shape index (κ2) is 7.10. The molecule has 1 rings (SSSR count). The van der Waals surface area contributed by atoms with Crippen LogP contribution in [0.4, 0.5) is 10.5 Å². The lowest BCUT2D eigenvalue weighted by molar-refractivity contribution is -0.146.